The molecule has 0 amide bonds. The van der Waals surface area contributed by atoms with Crippen molar-refractivity contribution in [2.45, 2.75) is 13.0 Å². The summed E-state index contributed by atoms with van der Waals surface area (Å²) in [6, 6.07) is 15.7. The predicted molar refractivity (Wildman–Crippen MR) is 105 cm³/mol. The van der Waals surface area contributed by atoms with Crippen LogP contribution in [0, 0.1) is 0 Å². The highest BCUT2D eigenvalue weighted by molar-refractivity contribution is 5.93. The summed E-state index contributed by atoms with van der Waals surface area (Å²) in [6.45, 7) is 1.61. The van der Waals surface area contributed by atoms with E-state index in [1.54, 1.807) is 68.6 Å². The lowest BCUT2D eigenvalue weighted by Crippen LogP contribution is -2.16. The molecule has 0 aliphatic rings. The maximum Gasteiger partial charge on any atom is 0.355 e. The number of hydrogen-bond donors (Lipinski definition) is 1. The van der Waals surface area contributed by atoms with Gasteiger partial charge in [0.05, 0.1) is 7.11 Å². The van der Waals surface area contributed by atoms with Gasteiger partial charge in [0.1, 0.15) is 11.4 Å². The van der Waals surface area contributed by atoms with E-state index in [1.165, 1.54) is 0 Å². The summed E-state index contributed by atoms with van der Waals surface area (Å²) in [5, 5.41) is 9.09. The molecule has 0 fully saturated rings. The molecule has 2 aromatic heterocycles. The van der Waals surface area contributed by atoms with E-state index in [0.29, 0.717) is 28.0 Å². The Hall–Kier alpha value is -3.94. The van der Waals surface area contributed by atoms with Gasteiger partial charge in [-0.3, -0.25) is 4.79 Å². The normalized spacial score (nSPS) is 11.9. The minimum atomic E-state index is -0.794. The third kappa shape index (κ3) is 3.73. The van der Waals surface area contributed by atoms with Crippen LogP contribution in [0.25, 0.3) is 22.2 Å². The van der Waals surface area contributed by atoms with E-state index in [0.717, 1.165) is 0 Å². The molecule has 0 saturated carbocycles. The van der Waals surface area contributed by atoms with Gasteiger partial charge in [-0.1, -0.05) is 18.2 Å². The Balaban J connectivity index is 1.52. The Bertz CT molecular complexity index is 1230. The number of esters is 1. The van der Waals surface area contributed by atoms with Crippen LogP contribution in [0.1, 0.15) is 29.4 Å². The number of nitrogens with zero attached hydrogens (tertiary/aromatic N) is 2. The Morgan fingerprint density at radius 2 is 1.86 bits per heavy atom. The highest BCUT2D eigenvalue weighted by Crippen LogP contribution is 2.24. The molecule has 8 heteroatoms. The first-order chi connectivity index (χ1) is 14.0. The molecule has 4 aromatic rings. The Morgan fingerprint density at radius 1 is 1.10 bits per heavy atom. The van der Waals surface area contributed by atoms with Crippen LogP contribution in [0.5, 0.6) is 5.75 Å². The number of carbonyl (C=O) groups is 1. The van der Waals surface area contributed by atoms with Gasteiger partial charge in [-0.2, -0.15) is 0 Å². The number of pyridine rings is 1. The fraction of sp³-hybridized carbons (Fsp3) is 0.143. The van der Waals surface area contributed by atoms with Crippen LogP contribution in [-0.4, -0.2) is 28.3 Å². The molecule has 0 saturated heterocycles. The average Bonchev–Trinajstić information content (AvgIpc) is 3.24. The number of aromatic nitrogens is 3. The lowest BCUT2D eigenvalue weighted by Gasteiger charge is -2.09. The van der Waals surface area contributed by atoms with E-state index in [4.69, 9.17) is 13.9 Å². The summed E-state index contributed by atoms with van der Waals surface area (Å²) in [6.07, 6.45) is -0.794. The maximum atomic E-state index is 12.5. The zero-order valence-electron chi connectivity index (χ0n) is 15.7. The standard InChI is InChI=1S/C21H17N3O5/c1-12(19-23-24-20(29-19)13-7-9-15(27-2)10-8-13)28-21(26)17-11-14-5-3-4-6-16(14)18(25)22-17/h3-12H,1-2H3,(H,22,25)/t12-/m1/s1. The largest absolute Gasteiger partial charge is 0.497 e. The van der Waals surface area contributed by atoms with E-state index >= 15 is 0 Å². The summed E-state index contributed by atoms with van der Waals surface area (Å²) >= 11 is 0. The Kier molecular flexibility index (Phi) is 4.82. The van der Waals surface area contributed by atoms with E-state index in [9.17, 15) is 9.59 Å². The molecule has 0 bridgehead atoms. The Morgan fingerprint density at radius 3 is 2.62 bits per heavy atom. The molecule has 8 nitrogen and oxygen atoms in total. The maximum absolute atomic E-state index is 12.5. The first-order valence-corrected chi connectivity index (χ1v) is 8.86. The second-order valence-corrected chi connectivity index (χ2v) is 6.32. The number of carbonyl (C=O) groups excluding carboxylic acids is 1. The summed E-state index contributed by atoms with van der Waals surface area (Å²) in [5.41, 5.74) is 0.402. The van der Waals surface area contributed by atoms with Crippen LogP contribution in [0.4, 0.5) is 0 Å². The molecule has 2 aromatic carbocycles. The van der Waals surface area contributed by atoms with Crippen LogP contribution in [0.15, 0.2) is 63.8 Å². The molecule has 0 radical (unpaired) electrons. The van der Waals surface area contributed by atoms with Gasteiger partial charge in [0.2, 0.25) is 5.89 Å². The summed E-state index contributed by atoms with van der Waals surface area (Å²) in [5.74, 6) is 0.460. The molecule has 4 rings (SSSR count). The minimum Gasteiger partial charge on any atom is -0.497 e. The Labute approximate surface area is 165 Å². The van der Waals surface area contributed by atoms with Crippen molar-refractivity contribution < 1.29 is 18.7 Å². The number of H-pyrrole nitrogens is 1. The van der Waals surface area contributed by atoms with Gasteiger partial charge in [0.25, 0.3) is 11.4 Å². The SMILES string of the molecule is COc1ccc(-c2nnc([C@@H](C)OC(=O)c3cc4ccccc4c(=O)[nH]3)o2)cc1. The van der Waals surface area contributed by atoms with Gasteiger partial charge >= 0.3 is 5.97 Å². The second-order valence-electron chi connectivity index (χ2n) is 6.32. The molecule has 0 spiro atoms. The van der Waals surface area contributed by atoms with Crippen LogP contribution >= 0.6 is 0 Å². The highest BCUT2D eigenvalue weighted by Gasteiger charge is 2.21. The van der Waals surface area contributed by atoms with E-state index in [-0.39, 0.29) is 17.1 Å². The van der Waals surface area contributed by atoms with Crippen LogP contribution < -0.4 is 10.3 Å². The number of fused-ring (bicyclic) bond motifs is 1. The number of nitrogens with one attached hydrogen (secondary N) is 1. The molecule has 146 valence electrons. The van der Waals surface area contributed by atoms with Gasteiger partial charge in [-0.15, -0.1) is 10.2 Å². The van der Waals surface area contributed by atoms with Crippen LogP contribution in [0.2, 0.25) is 0 Å². The van der Waals surface area contributed by atoms with Gasteiger partial charge in [-0.05, 0) is 48.7 Å². The van der Waals surface area contributed by atoms with Gasteiger partial charge in [0, 0.05) is 10.9 Å². The monoisotopic (exact) mass is 391 g/mol. The highest BCUT2D eigenvalue weighted by atomic mass is 16.6. The average molecular weight is 391 g/mol. The van der Waals surface area contributed by atoms with Crippen molar-refractivity contribution in [1.29, 1.82) is 0 Å². The first kappa shape index (κ1) is 18.4. The van der Waals surface area contributed by atoms with Crippen molar-refractivity contribution >= 4 is 16.7 Å². The smallest absolute Gasteiger partial charge is 0.355 e. The number of hydrogen-bond acceptors (Lipinski definition) is 7. The summed E-state index contributed by atoms with van der Waals surface area (Å²) in [4.78, 5) is 27.2. The molecule has 1 N–H and O–H groups in total. The number of benzene rings is 2. The number of aromatic amines is 1. The van der Waals surface area contributed by atoms with Crippen molar-refractivity contribution in [3.63, 3.8) is 0 Å². The summed E-state index contributed by atoms with van der Waals surface area (Å²) < 4.78 is 16.1. The van der Waals surface area contributed by atoms with Crippen molar-refractivity contribution in [3.05, 3.63) is 76.5 Å². The van der Waals surface area contributed by atoms with Gasteiger partial charge in [0.15, 0.2) is 6.10 Å². The fourth-order valence-electron chi connectivity index (χ4n) is 2.84. The van der Waals surface area contributed by atoms with Crippen molar-refractivity contribution in [1.82, 2.24) is 15.2 Å². The number of ether oxygens (including phenoxy) is 2. The number of methoxy groups -OCH3 is 1. The van der Waals surface area contributed by atoms with Crippen molar-refractivity contribution in [2.75, 3.05) is 7.11 Å². The third-order valence-corrected chi connectivity index (χ3v) is 4.38. The molecule has 2 heterocycles. The zero-order valence-corrected chi connectivity index (χ0v) is 15.7. The second kappa shape index (κ2) is 7.59. The number of rotatable bonds is 5. The molecule has 29 heavy (non-hydrogen) atoms. The fourth-order valence-corrected chi connectivity index (χ4v) is 2.84. The molecule has 0 unspecified atom stereocenters. The lowest BCUT2D eigenvalue weighted by molar-refractivity contribution is 0.0273. The van der Waals surface area contributed by atoms with Gasteiger partial charge < -0.3 is 18.9 Å². The minimum absolute atomic E-state index is 0.0513. The molecular formula is C21H17N3O5. The van der Waals surface area contributed by atoms with Crippen LogP contribution in [0.3, 0.4) is 0 Å². The van der Waals surface area contributed by atoms with E-state index in [1.807, 2.05) is 0 Å². The van der Waals surface area contributed by atoms with E-state index in [2.05, 4.69) is 15.2 Å². The van der Waals surface area contributed by atoms with E-state index < -0.39 is 12.1 Å². The quantitative estimate of drug-likeness (QED) is 0.519. The first-order valence-electron chi connectivity index (χ1n) is 8.86. The van der Waals surface area contributed by atoms with Crippen molar-refractivity contribution in [2.24, 2.45) is 0 Å². The van der Waals surface area contributed by atoms with Gasteiger partial charge in [-0.25, -0.2) is 4.79 Å². The molecule has 0 aliphatic carbocycles. The zero-order chi connectivity index (χ0) is 20.4. The van der Waals surface area contributed by atoms with Crippen molar-refractivity contribution in [3.8, 4) is 17.2 Å². The van der Waals surface area contributed by atoms with Crippen LogP contribution in [-0.2, 0) is 4.74 Å². The third-order valence-electron chi connectivity index (χ3n) is 4.38. The molecular weight excluding hydrogens is 374 g/mol. The predicted octanol–water partition coefficient (Wildman–Crippen LogP) is 3.50. The topological polar surface area (TPSA) is 107 Å². The molecule has 0 aliphatic heterocycles. The lowest BCUT2D eigenvalue weighted by atomic mass is 10.1. The summed E-state index contributed by atoms with van der Waals surface area (Å²) in [7, 11) is 1.58. The molecule has 1 atom stereocenters.